The van der Waals surface area contributed by atoms with Crippen molar-refractivity contribution in [1.82, 2.24) is 10.2 Å². The summed E-state index contributed by atoms with van der Waals surface area (Å²) in [5.74, 6) is 0.195. The molecule has 0 radical (unpaired) electrons. The number of hydrogen-bond donors (Lipinski definition) is 1. The lowest BCUT2D eigenvalue weighted by Gasteiger charge is -2.24. The van der Waals surface area contributed by atoms with Gasteiger partial charge in [0.1, 0.15) is 0 Å². The maximum Gasteiger partial charge on any atom is 0.237 e. The Balaban J connectivity index is 1.95. The summed E-state index contributed by atoms with van der Waals surface area (Å²) in [7, 11) is 0. The van der Waals surface area contributed by atoms with Crippen molar-refractivity contribution in [3.05, 3.63) is 35.0 Å². The molecule has 4 heteroatoms. The second-order valence-corrected chi connectivity index (χ2v) is 5.00. The van der Waals surface area contributed by atoms with Crippen LogP contribution in [0.2, 0.25) is 0 Å². The lowest BCUT2D eigenvalue weighted by atomic mass is 10.1. The summed E-state index contributed by atoms with van der Waals surface area (Å²) in [6.45, 7) is 5.60. The molecule has 0 saturated carbocycles. The first-order chi connectivity index (χ1) is 8.33. The van der Waals surface area contributed by atoms with Gasteiger partial charge in [0.2, 0.25) is 5.91 Å². The van der Waals surface area contributed by atoms with E-state index in [4.69, 9.17) is 0 Å². The quantitative estimate of drug-likeness (QED) is 0.642. The topological polar surface area (TPSA) is 32.3 Å². The Bertz CT molecular complexity index is 375. The van der Waals surface area contributed by atoms with Gasteiger partial charge in [-0.25, -0.2) is 0 Å². The first-order valence-electron chi connectivity index (χ1n) is 5.96. The zero-order valence-corrected chi connectivity index (χ0v) is 10.7. The van der Waals surface area contributed by atoms with Gasteiger partial charge in [0.25, 0.3) is 0 Å². The van der Waals surface area contributed by atoms with E-state index < -0.39 is 0 Å². The third-order valence-electron chi connectivity index (χ3n) is 3.07. The van der Waals surface area contributed by atoms with Crippen molar-refractivity contribution in [2.75, 3.05) is 19.6 Å². The van der Waals surface area contributed by atoms with Crippen molar-refractivity contribution < 1.29 is 4.79 Å². The molecule has 0 aromatic carbocycles. The van der Waals surface area contributed by atoms with Gasteiger partial charge in [-0.05, 0) is 35.2 Å². The molecule has 1 aliphatic rings. The minimum atomic E-state index is 0.195. The number of thiophene rings is 1. The molecule has 1 atom stereocenters. The molecule has 1 aromatic heterocycles. The standard InChI is InChI=1S/C13H18N2OS/c1-2-6-14-9-13(16)15-7-3-4-12(15)11-5-8-17-10-11/h2,5,8,10,12,14H,1,3-4,6-7,9H2. The molecule has 1 fully saturated rings. The highest BCUT2D eigenvalue weighted by molar-refractivity contribution is 7.07. The molecule has 2 rings (SSSR count). The minimum absolute atomic E-state index is 0.195. The predicted octanol–water partition coefficient (Wildman–Crippen LogP) is 2.19. The van der Waals surface area contributed by atoms with Crippen LogP contribution < -0.4 is 5.32 Å². The van der Waals surface area contributed by atoms with E-state index in [1.54, 1.807) is 17.4 Å². The molecule has 1 unspecified atom stereocenters. The largest absolute Gasteiger partial charge is 0.335 e. The van der Waals surface area contributed by atoms with Gasteiger partial charge in [0, 0.05) is 13.1 Å². The van der Waals surface area contributed by atoms with Crippen LogP contribution in [-0.2, 0) is 4.79 Å². The molecule has 2 heterocycles. The van der Waals surface area contributed by atoms with E-state index in [2.05, 4.69) is 28.7 Å². The molecule has 92 valence electrons. The van der Waals surface area contributed by atoms with Gasteiger partial charge in [-0.1, -0.05) is 6.08 Å². The van der Waals surface area contributed by atoms with Crippen LogP contribution in [0.5, 0.6) is 0 Å². The van der Waals surface area contributed by atoms with Crippen LogP contribution in [0.3, 0.4) is 0 Å². The smallest absolute Gasteiger partial charge is 0.237 e. The third kappa shape index (κ3) is 2.96. The molecule has 3 nitrogen and oxygen atoms in total. The highest BCUT2D eigenvalue weighted by Crippen LogP contribution is 2.32. The summed E-state index contributed by atoms with van der Waals surface area (Å²) in [6, 6.07) is 2.41. The molecule has 1 aliphatic heterocycles. The summed E-state index contributed by atoms with van der Waals surface area (Å²) in [5.41, 5.74) is 1.28. The summed E-state index contributed by atoms with van der Waals surface area (Å²) >= 11 is 1.69. The highest BCUT2D eigenvalue weighted by atomic mass is 32.1. The minimum Gasteiger partial charge on any atom is -0.335 e. The van der Waals surface area contributed by atoms with E-state index in [1.165, 1.54) is 5.56 Å². The van der Waals surface area contributed by atoms with E-state index in [0.717, 1.165) is 19.4 Å². The van der Waals surface area contributed by atoms with Gasteiger partial charge < -0.3 is 10.2 Å². The van der Waals surface area contributed by atoms with E-state index in [0.29, 0.717) is 19.1 Å². The van der Waals surface area contributed by atoms with E-state index >= 15 is 0 Å². The Kier molecular flexibility index (Phi) is 4.34. The molecule has 1 saturated heterocycles. The van der Waals surface area contributed by atoms with Crippen LogP contribution in [0.1, 0.15) is 24.4 Å². The second-order valence-electron chi connectivity index (χ2n) is 4.22. The first kappa shape index (κ1) is 12.3. The van der Waals surface area contributed by atoms with Gasteiger partial charge in [0.05, 0.1) is 12.6 Å². The summed E-state index contributed by atoms with van der Waals surface area (Å²) in [5, 5.41) is 7.29. The van der Waals surface area contributed by atoms with Gasteiger partial charge in [-0.15, -0.1) is 6.58 Å². The van der Waals surface area contributed by atoms with Crippen LogP contribution in [0.25, 0.3) is 0 Å². The maximum absolute atomic E-state index is 12.1. The van der Waals surface area contributed by atoms with E-state index in [9.17, 15) is 4.79 Å². The van der Waals surface area contributed by atoms with Gasteiger partial charge in [0.15, 0.2) is 0 Å². The zero-order valence-electron chi connectivity index (χ0n) is 9.89. The molecular weight excluding hydrogens is 232 g/mol. The highest BCUT2D eigenvalue weighted by Gasteiger charge is 2.29. The molecule has 1 aromatic rings. The molecule has 1 amide bonds. The van der Waals surface area contributed by atoms with Crippen molar-refractivity contribution in [2.24, 2.45) is 0 Å². The molecular formula is C13H18N2OS. The Morgan fingerprint density at radius 1 is 1.71 bits per heavy atom. The number of nitrogens with one attached hydrogen (secondary N) is 1. The Hall–Kier alpha value is -1.13. The lowest BCUT2D eigenvalue weighted by molar-refractivity contribution is -0.131. The molecule has 17 heavy (non-hydrogen) atoms. The van der Waals surface area contributed by atoms with Crippen molar-refractivity contribution in [1.29, 1.82) is 0 Å². The average Bonchev–Trinajstić information content (AvgIpc) is 2.99. The van der Waals surface area contributed by atoms with Crippen LogP contribution >= 0.6 is 11.3 Å². The number of carbonyl (C=O) groups excluding carboxylic acids is 1. The number of amides is 1. The van der Waals surface area contributed by atoms with Crippen molar-refractivity contribution in [2.45, 2.75) is 18.9 Å². The van der Waals surface area contributed by atoms with E-state index in [-0.39, 0.29) is 5.91 Å². The fraction of sp³-hybridized carbons (Fsp3) is 0.462. The van der Waals surface area contributed by atoms with Crippen LogP contribution in [0.4, 0.5) is 0 Å². The van der Waals surface area contributed by atoms with Crippen LogP contribution in [0.15, 0.2) is 29.5 Å². The van der Waals surface area contributed by atoms with Crippen molar-refractivity contribution >= 4 is 17.2 Å². The Morgan fingerprint density at radius 3 is 3.29 bits per heavy atom. The number of carbonyl (C=O) groups is 1. The first-order valence-corrected chi connectivity index (χ1v) is 6.90. The molecule has 1 N–H and O–H groups in total. The monoisotopic (exact) mass is 250 g/mol. The second kappa shape index (κ2) is 5.98. The van der Waals surface area contributed by atoms with Crippen molar-refractivity contribution in [3.63, 3.8) is 0 Å². The van der Waals surface area contributed by atoms with Crippen molar-refractivity contribution in [3.8, 4) is 0 Å². The van der Waals surface area contributed by atoms with Crippen LogP contribution in [0, 0.1) is 0 Å². The summed E-state index contributed by atoms with van der Waals surface area (Å²) in [4.78, 5) is 14.1. The van der Waals surface area contributed by atoms with Crippen LogP contribution in [-0.4, -0.2) is 30.4 Å². The van der Waals surface area contributed by atoms with Gasteiger partial charge in [-0.2, -0.15) is 11.3 Å². The number of nitrogens with zero attached hydrogens (tertiary/aromatic N) is 1. The van der Waals surface area contributed by atoms with Gasteiger partial charge >= 0.3 is 0 Å². The fourth-order valence-corrected chi connectivity index (χ4v) is 2.97. The number of likely N-dealkylation sites (tertiary alicyclic amines) is 1. The molecule has 0 bridgehead atoms. The third-order valence-corrected chi connectivity index (χ3v) is 3.77. The van der Waals surface area contributed by atoms with Gasteiger partial charge in [-0.3, -0.25) is 4.79 Å². The summed E-state index contributed by atoms with van der Waals surface area (Å²) in [6.07, 6.45) is 3.96. The number of rotatable bonds is 5. The summed E-state index contributed by atoms with van der Waals surface area (Å²) < 4.78 is 0. The maximum atomic E-state index is 12.1. The Labute approximate surface area is 106 Å². The molecule has 0 aliphatic carbocycles. The number of hydrogen-bond acceptors (Lipinski definition) is 3. The van der Waals surface area contributed by atoms with E-state index in [1.807, 2.05) is 4.90 Å². The zero-order chi connectivity index (χ0) is 12.1. The normalized spacial score (nSPS) is 19.5. The lowest BCUT2D eigenvalue weighted by Crippen LogP contribution is -2.37. The Morgan fingerprint density at radius 2 is 2.59 bits per heavy atom. The fourth-order valence-electron chi connectivity index (χ4n) is 2.26. The SMILES string of the molecule is C=CCNCC(=O)N1CCCC1c1ccsc1. The molecule has 0 spiro atoms. The predicted molar refractivity (Wildman–Crippen MR) is 71.1 cm³/mol. The average molecular weight is 250 g/mol.